The van der Waals surface area contributed by atoms with Crippen molar-refractivity contribution >= 4 is 5.91 Å². The van der Waals surface area contributed by atoms with Crippen molar-refractivity contribution in [2.75, 3.05) is 26.2 Å². The minimum atomic E-state index is -0.233. The van der Waals surface area contributed by atoms with Gasteiger partial charge in [-0.25, -0.2) is 0 Å². The van der Waals surface area contributed by atoms with E-state index in [2.05, 4.69) is 24.1 Å². The van der Waals surface area contributed by atoms with E-state index in [1.807, 2.05) is 6.92 Å². The number of piperidine rings is 1. The summed E-state index contributed by atoms with van der Waals surface area (Å²) in [5.74, 6) is -0.233. The van der Waals surface area contributed by atoms with Crippen molar-refractivity contribution in [2.45, 2.75) is 46.1 Å². The number of nitrogens with two attached hydrogens (primary N) is 1. The van der Waals surface area contributed by atoms with Gasteiger partial charge in [-0.3, -0.25) is 4.79 Å². The molecule has 0 aromatic carbocycles. The van der Waals surface area contributed by atoms with E-state index in [0.717, 1.165) is 32.6 Å². The molecule has 1 rings (SSSR count). The summed E-state index contributed by atoms with van der Waals surface area (Å²) >= 11 is 0. The van der Waals surface area contributed by atoms with Crippen molar-refractivity contribution in [2.24, 2.45) is 11.1 Å². The Bertz CT molecular complexity index is 253. The third kappa shape index (κ3) is 5.04. The van der Waals surface area contributed by atoms with Gasteiger partial charge < -0.3 is 16.0 Å². The molecule has 0 spiro atoms. The van der Waals surface area contributed by atoms with Crippen molar-refractivity contribution in [3.63, 3.8) is 0 Å². The van der Waals surface area contributed by atoms with Crippen LogP contribution in [0.2, 0.25) is 0 Å². The highest BCUT2D eigenvalue weighted by molar-refractivity contribution is 5.79. The number of carbonyl (C=O) groups excluding carboxylic acids is 1. The lowest BCUT2D eigenvalue weighted by atomic mass is 9.84. The minimum absolute atomic E-state index is 0.176. The molecule has 1 unspecified atom stereocenters. The maximum Gasteiger partial charge on any atom is 0.234 e. The highest BCUT2D eigenvalue weighted by Gasteiger charge is 2.26. The van der Waals surface area contributed by atoms with Crippen LogP contribution in [-0.4, -0.2) is 43.0 Å². The molecular weight excluding hydrogens is 214 g/mol. The number of likely N-dealkylation sites (N-methyl/N-ethyl adjacent to an activating group) is 1. The first-order chi connectivity index (χ1) is 7.94. The van der Waals surface area contributed by atoms with E-state index >= 15 is 0 Å². The number of nitrogens with zero attached hydrogens (tertiary/aromatic N) is 1. The summed E-state index contributed by atoms with van der Waals surface area (Å²) in [5, 5.41) is 3.14. The van der Waals surface area contributed by atoms with Crippen LogP contribution in [0.5, 0.6) is 0 Å². The lowest BCUT2D eigenvalue weighted by Crippen LogP contribution is -2.46. The monoisotopic (exact) mass is 241 g/mol. The van der Waals surface area contributed by atoms with Gasteiger partial charge in [0.2, 0.25) is 5.91 Å². The predicted molar refractivity (Wildman–Crippen MR) is 70.7 cm³/mol. The number of hydrogen-bond acceptors (Lipinski definition) is 3. The van der Waals surface area contributed by atoms with Gasteiger partial charge in [0.25, 0.3) is 0 Å². The summed E-state index contributed by atoms with van der Waals surface area (Å²) in [7, 11) is 0. The molecule has 0 aromatic heterocycles. The summed E-state index contributed by atoms with van der Waals surface area (Å²) < 4.78 is 0. The van der Waals surface area contributed by atoms with E-state index in [0.29, 0.717) is 5.41 Å². The molecule has 4 heteroatoms. The Hall–Kier alpha value is -0.610. The van der Waals surface area contributed by atoms with Gasteiger partial charge in [-0.15, -0.1) is 0 Å². The largest absolute Gasteiger partial charge is 0.368 e. The molecule has 1 atom stereocenters. The fourth-order valence-electron chi connectivity index (χ4n) is 2.64. The molecule has 0 aliphatic carbocycles. The lowest BCUT2D eigenvalue weighted by molar-refractivity contribution is -0.120. The first-order valence-electron chi connectivity index (χ1n) is 6.69. The summed E-state index contributed by atoms with van der Waals surface area (Å²) in [4.78, 5) is 13.7. The van der Waals surface area contributed by atoms with E-state index in [-0.39, 0.29) is 11.9 Å². The van der Waals surface area contributed by atoms with Gasteiger partial charge in [-0.1, -0.05) is 20.8 Å². The van der Waals surface area contributed by atoms with Gasteiger partial charge >= 0.3 is 0 Å². The molecule has 1 aliphatic heterocycles. The van der Waals surface area contributed by atoms with Crippen molar-refractivity contribution in [1.29, 1.82) is 0 Å². The SMILES string of the molecule is CCNC(CCN1CCCC(C)(C)C1)C(N)=O. The van der Waals surface area contributed by atoms with Crippen LogP contribution in [0.15, 0.2) is 0 Å². The molecule has 3 N–H and O–H groups in total. The molecular formula is C13H27N3O. The molecule has 1 heterocycles. The van der Waals surface area contributed by atoms with Crippen molar-refractivity contribution in [1.82, 2.24) is 10.2 Å². The van der Waals surface area contributed by atoms with Crippen LogP contribution in [0, 0.1) is 5.41 Å². The zero-order valence-electron chi connectivity index (χ0n) is 11.5. The molecule has 4 nitrogen and oxygen atoms in total. The maximum absolute atomic E-state index is 11.2. The van der Waals surface area contributed by atoms with Crippen molar-refractivity contribution < 1.29 is 4.79 Å². The van der Waals surface area contributed by atoms with Gasteiger partial charge in [0, 0.05) is 13.1 Å². The fourth-order valence-corrected chi connectivity index (χ4v) is 2.64. The van der Waals surface area contributed by atoms with E-state index < -0.39 is 0 Å². The van der Waals surface area contributed by atoms with E-state index in [9.17, 15) is 4.79 Å². The molecule has 0 bridgehead atoms. The van der Waals surface area contributed by atoms with Gasteiger partial charge in [0.05, 0.1) is 6.04 Å². The van der Waals surface area contributed by atoms with Crippen LogP contribution in [0.4, 0.5) is 0 Å². The molecule has 1 aliphatic rings. The van der Waals surface area contributed by atoms with Gasteiger partial charge in [0.1, 0.15) is 0 Å². The lowest BCUT2D eigenvalue weighted by Gasteiger charge is -2.38. The van der Waals surface area contributed by atoms with Gasteiger partial charge in [0.15, 0.2) is 0 Å². The van der Waals surface area contributed by atoms with Crippen LogP contribution < -0.4 is 11.1 Å². The van der Waals surface area contributed by atoms with Gasteiger partial charge in [-0.05, 0) is 37.8 Å². The predicted octanol–water partition coefficient (Wildman–Crippen LogP) is 0.962. The Balaban J connectivity index is 2.35. The Morgan fingerprint density at radius 3 is 2.76 bits per heavy atom. The Morgan fingerprint density at radius 1 is 1.53 bits per heavy atom. The second-order valence-corrected chi connectivity index (χ2v) is 5.85. The zero-order valence-corrected chi connectivity index (χ0v) is 11.5. The number of primary amides is 1. The van der Waals surface area contributed by atoms with Crippen LogP contribution in [0.1, 0.15) is 40.0 Å². The Labute approximate surface area is 105 Å². The quantitative estimate of drug-likeness (QED) is 0.728. The first kappa shape index (κ1) is 14.5. The molecule has 0 saturated carbocycles. The van der Waals surface area contributed by atoms with Gasteiger partial charge in [-0.2, -0.15) is 0 Å². The first-order valence-corrected chi connectivity index (χ1v) is 6.69. The average molecular weight is 241 g/mol. The molecule has 1 saturated heterocycles. The average Bonchev–Trinajstić information content (AvgIpc) is 2.22. The molecule has 17 heavy (non-hydrogen) atoms. The van der Waals surface area contributed by atoms with E-state index in [4.69, 9.17) is 5.73 Å². The van der Waals surface area contributed by atoms with Crippen LogP contribution in [0.25, 0.3) is 0 Å². The highest BCUT2D eigenvalue weighted by atomic mass is 16.1. The van der Waals surface area contributed by atoms with Crippen molar-refractivity contribution in [3.8, 4) is 0 Å². The second-order valence-electron chi connectivity index (χ2n) is 5.85. The molecule has 100 valence electrons. The van der Waals surface area contributed by atoms with Crippen molar-refractivity contribution in [3.05, 3.63) is 0 Å². The zero-order chi connectivity index (χ0) is 12.9. The molecule has 0 aromatic rings. The fraction of sp³-hybridized carbons (Fsp3) is 0.923. The number of amides is 1. The number of rotatable bonds is 6. The van der Waals surface area contributed by atoms with E-state index in [1.165, 1.54) is 12.8 Å². The van der Waals surface area contributed by atoms with E-state index in [1.54, 1.807) is 0 Å². The third-order valence-electron chi connectivity index (χ3n) is 3.51. The Morgan fingerprint density at radius 2 is 2.24 bits per heavy atom. The standard InChI is InChI=1S/C13H27N3O/c1-4-15-11(12(14)17)6-9-16-8-5-7-13(2,3)10-16/h11,15H,4-10H2,1-3H3,(H2,14,17). The summed E-state index contributed by atoms with van der Waals surface area (Å²) in [6, 6.07) is -0.176. The molecule has 1 amide bonds. The Kier molecular flexibility index (Phi) is 5.40. The van der Waals surface area contributed by atoms with Crippen LogP contribution in [0.3, 0.4) is 0 Å². The maximum atomic E-state index is 11.2. The highest BCUT2D eigenvalue weighted by Crippen LogP contribution is 2.28. The molecule has 1 fully saturated rings. The summed E-state index contributed by atoms with van der Waals surface area (Å²) in [6.45, 7) is 10.7. The second kappa shape index (κ2) is 6.36. The topological polar surface area (TPSA) is 58.4 Å². The normalized spacial score (nSPS) is 22.3. The molecule has 0 radical (unpaired) electrons. The van der Waals surface area contributed by atoms with Crippen LogP contribution >= 0.6 is 0 Å². The minimum Gasteiger partial charge on any atom is -0.368 e. The summed E-state index contributed by atoms with van der Waals surface area (Å²) in [5.41, 5.74) is 5.79. The van der Waals surface area contributed by atoms with Crippen LogP contribution in [-0.2, 0) is 4.79 Å². The number of nitrogens with one attached hydrogen (secondary N) is 1. The number of carbonyl (C=O) groups is 1. The number of hydrogen-bond donors (Lipinski definition) is 2. The summed E-state index contributed by atoms with van der Waals surface area (Å²) in [6.07, 6.45) is 3.38. The third-order valence-corrected chi connectivity index (χ3v) is 3.51. The number of likely N-dealkylation sites (tertiary alicyclic amines) is 1. The smallest absolute Gasteiger partial charge is 0.234 e.